The van der Waals surface area contributed by atoms with Gasteiger partial charge in [0.25, 0.3) is 0 Å². The fraction of sp³-hybridized carbons (Fsp3) is 0.913. The number of hydrogen-bond acceptors (Lipinski definition) is 4. The van der Waals surface area contributed by atoms with Crippen LogP contribution in [0.2, 0.25) is 0 Å². The topological polar surface area (TPSA) is 64.7 Å². The van der Waals surface area contributed by atoms with Crippen LogP contribution in [-0.2, 0) is 9.59 Å². The summed E-state index contributed by atoms with van der Waals surface area (Å²) < 4.78 is 55.1. The Hall–Kier alpha value is -1.42. The lowest BCUT2D eigenvalue weighted by Gasteiger charge is -2.46. The van der Waals surface area contributed by atoms with E-state index in [1.54, 1.807) is 0 Å². The Morgan fingerprint density at radius 1 is 1.06 bits per heavy atom. The van der Waals surface area contributed by atoms with Gasteiger partial charge in [0.1, 0.15) is 12.2 Å². The van der Waals surface area contributed by atoms with Gasteiger partial charge < -0.3 is 15.5 Å². The fourth-order valence-electron chi connectivity index (χ4n) is 6.52. The lowest BCUT2D eigenvalue weighted by Crippen LogP contribution is -2.62. The van der Waals surface area contributed by atoms with Crippen LogP contribution >= 0.6 is 0 Å². The number of halogens is 4. The first-order valence-electron chi connectivity index (χ1n) is 12.3. The van der Waals surface area contributed by atoms with Crippen molar-refractivity contribution in [3.8, 4) is 0 Å². The minimum Gasteiger partial charge on any atom is -0.352 e. The van der Waals surface area contributed by atoms with E-state index in [-0.39, 0.29) is 43.0 Å². The second-order valence-corrected chi connectivity index (χ2v) is 10.5. The molecule has 5 unspecified atom stereocenters. The highest BCUT2D eigenvalue weighted by molar-refractivity contribution is 5.82. The maximum Gasteiger partial charge on any atom is 0.410 e. The summed E-state index contributed by atoms with van der Waals surface area (Å²) in [5.74, 6) is -0.459. The van der Waals surface area contributed by atoms with Crippen LogP contribution in [0.15, 0.2) is 0 Å². The standard InChI is InChI=1S/C23H36F4N4O2/c1-13-6-7-18(24)17-11-19(29-21(13)17)22(33)28-15-4-3-5-16(10-15)30-8-9-31(14(2)32)20(12-30)23(25,26)27/h13,15-21,29H,3-12H2,1-2H3,(H,28,33)/t13?,15-,16+,17?,18?,19?,20-,21?/m1/s1. The molecule has 0 spiro atoms. The Morgan fingerprint density at radius 3 is 2.48 bits per heavy atom. The van der Waals surface area contributed by atoms with Crippen molar-refractivity contribution in [1.29, 1.82) is 0 Å². The Bertz CT molecular complexity index is 718. The molecule has 2 aliphatic heterocycles. The third kappa shape index (κ3) is 5.31. The maximum absolute atomic E-state index is 14.4. The first-order chi connectivity index (χ1) is 15.5. The lowest BCUT2D eigenvalue weighted by atomic mass is 9.77. The predicted octanol–water partition coefficient (Wildman–Crippen LogP) is 2.62. The van der Waals surface area contributed by atoms with Gasteiger partial charge in [-0.3, -0.25) is 14.5 Å². The number of nitrogens with zero attached hydrogens (tertiary/aromatic N) is 2. The van der Waals surface area contributed by atoms with Crippen molar-refractivity contribution in [3.05, 3.63) is 0 Å². The van der Waals surface area contributed by atoms with E-state index in [9.17, 15) is 27.2 Å². The van der Waals surface area contributed by atoms with E-state index < -0.39 is 30.3 Å². The largest absolute Gasteiger partial charge is 0.410 e. The second kappa shape index (κ2) is 9.68. The van der Waals surface area contributed by atoms with E-state index in [0.29, 0.717) is 31.7 Å². The predicted molar refractivity (Wildman–Crippen MR) is 115 cm³/mol. The van der Waals surface area contributed by atoms with Gasteiger partial charge in [0, 0.05) is 50.6 Å². The van der Waals surface area contributed by atoms with Gasteiger partial charge in [0.2, 0.25) is 11.8 Å². The summed E-state index contributed by atoms with van der Waals surface area (Å²) in [6.45, 7) is 3.52. The summed E-state index contributed by atoms with van der Waals surface area (Å²) in [5.41, 5.74) is 0. The average molecular weight is 477 g/mol. The highest BCUT2D eigenvalue weighted by Crippen LogP contribution is 2.39. The number of carbonyl (C=O) groups is 2. The monoisotopic (exact) mass is 476 g/mol. The molecule has 6 nitrogen and oxygen atoms in total. The summed E-state index contributed by atoms with van der Waals surface area (Å²) >= 11 is 0. The third-order valence-electron chi connectivity index (χ3n) is 8.36. The van der Waals surface area contributed by atoms with E-state index in [1.807, 2.05) is 4.90 Å². The van der Waals surface area contributed by atoms with Gasteiger partial charge in [-0.1, -0.05) is 6.92 Å². The molecule has 0 radical (unpaired) electrons. The molecule has 33 heavy (non-hydrogen) atoms. The number of nitrogens with one attached hydrogen (secondary N) is 2. The molecule has 2 amide bonds. The van der Waals surface area contributed by atoms with E-state index >= 15 is 0 Å². The zero-order valence-electron chi connectivity index (χ0n) is 19.4. The average Bonchev–Trinajstić information content (AvgIpc) is 3.23. The van der Waals surface area contributed by atoms with E-state index in [4.69, 9.17) is 0 Å². The molecule has 2 N–H and O–H groups in total. The molecule has 0 aromatic rings. The van der Waals surface area contributed by atoms with Crippen LogP contribution in [0.4, 0.5) is 17.6 Å². The van der Waals surface area contributed by atoms with Crippen LogP contribution in [0.1, 0.15) is 58.8 Å². The van der Waals surface area contributed by atoms with Crippen LogP contribution in [0, 0.1) is 11.8 Å². The number of carbonyl (C=O) groups excluding carboxylic acids is 2. The fourth-order valence-corrected chi connectivity index (χ4v) is 6.52. The number of hydrogen-bond donors (Lipinski definition) is 2. The van der Waals surface area contributed by atoms with Gasteiger partial charge in [-0.25, -0.2) is 4.39 Å². The molecule has 188 valence electrons. The van der Waals surface area contributed by atoms with Crippen LogP contribution in [0.5, 0.6) is 0 Å². The van der Waals surface area contributed by atoms with Crippen molar-refractivity contribution in [2.24, 2.45) is 11.8 Å². The zero-order chi connectivity index (χ0) is 23.9. The van der Waals surface area contributed by atoms with E-state index in [2.05, 4.69) is 17.6 Å². The minimum atomic E-state index is -4.47. The van der Waals surface area contributed by atoms with Gasteiger partial charge in [0.05, 0.1) is 6.04 Å². The Balaban J connectivity index is 1.33. The van der Waals surface area contributed by atoms with Gasteiger partial charge >= 0.3 is 6.18 Å². The first-order valence-corrected chi connectivity index (χ1v) is 12.3. The van der Waals surface area contributed by atoms with Crippen molar-refractivity contribution in [2.75, 3.05) is 19.6 Å². The summed E-state index contributed by atoms with van der Waals surface area (Å²) in [6.07, 6.45) is -0.469. The summed E-state index contributed by atoms with van der Waals surface area (Å²) in [4.78, 5) is 27.4. The molecule has 4 fully saturated rings. The van der Waals surface area contributed by atoms with Gasteiger partial charge in [0.15, 0.2) is 0 Å². The SMILES string of the molecule is CC(=O)N1CCN([C@H]2CCC[C@@H](NC(=O)C3CC4C(F)CCC(C)C4N3)C2)C[C@@H]1C(F)(F)F. The molecule has 0 bridgehead atoms. The smallest absolute Gasteiger partial charge is 0.352 e. The molecule has 0 aromatic heterocycles. The maximum atomic E-state index is 14.4. The molecule has 2 saturated carbocycles. The third-order valence-corrected chi connectivity index (χ3v) is 8.36. The van der Waals surface area contributed by atoms with Crippen LogP contribution < -0.4 is 10.6 Å². The Morgan fingerprint density at radius 2 is 1.82 bits per heavy atom. The quantitative estimate of drug-likeness (QED) is 0.615. The number of amides is 2. The van der Waals surface area contributed by atoms with Crippen molar-refractivity contribution >= 4 is 11.8 Å². The molecule has 2 saturated heterocycles. The normalized spacial score (nSPS) is 40.4. The lowest BCUT2D eigenvalue weighted by molar-refractivity contribution is -0.202. The number of piperazine rings is 1. The van der Waals surface area contributed by atoms with Crippen LogP contribution in [0.3, 0.4) is 0 Å². The molecule has 4 aliphatic rings. The molecular formula is C23H36F4N4O2. The van der Waals surface area contributed by atoms with Crippen molar-refractivity contribution in [3.63, 3.8) is 0 Å². The molecule has 0 aromatic carbocycles. The second-order valence-electron chi connectivity index (χ2n) is 10.5. The Kier molecular flexibility index (Phi) is 7.24. The van der Waals surface area contributed by atoms with Crippen LogP contribution in [-0.4, -0.2) is 83.8 Å². The van der Waals surface area contributed by atoms with Crippen molar-refractivity contribution in [2.45, 2.75) is 101 Å². The number of rotatable bonds is 3. The number of alkyl halides is 4. The molecule has 2 heterocycles. The summed E-state index contributed by atoms with van der Waals surface area (Å²) in [7, 11) is 0. The molecule has 4 rings (SSSR count). The first kappa shape index (κ1) is 24.7. The highest BCUT2D eigenvalue weighted by atomic mass is 19.4. The number of fused-ring (bicyclic) bond motifs is 1. The Labute approximate surface area is 192 Å². The van der Waals surface area contributed by atoms with Gasteiger partial charge in [-0.05, 0) is 50.9 Å². The van der Waals surface area contributed by atoms with Crippen molar-refractivity contribution in [1.82, 2.24) is 20.4 Å². The summed E-state index contributed by atoms with van der Waals surface area (Å²) in [5, 5.41) is 6.45. The molecule has 2 aliphatic carbocycles. The minimum absolute atomic E-state index is 0.0282. The van der Waals surface area contributed by atoms with E-state index in [1.165, 1.54) is 6.92 Å². The van der Waals surface area contributed by atoms with Gasteiger partial charge in [-0.2, -0.15) is 13.2 Å². The molecular weight excluding hydrogens is 440 g/mol. The van der Waals surface area contributed by atoms with Crippen molar-refractivity contribution < 1.29 is 27.2 Å². The van der Waals surface area contributed by atoms with E-state index in [0.717, 1.165) is 30.6 Å². The van der Waals surface area contributed by atoms with Crippen LogP contribution in [0.25, 0.3) is 0 Å². The molecule has 8 atom stereocenters. The highest BCUT2D eigenvalue weighted by Gasteiger charge is 2.49. The zero-order valence-corrected chi connectivity index (χ0v) is 19.4. The summed E-state index contributed by atoms with van der Waals surface area (Å²) in [6, 6.07) is -2.33. The van der Waals surface area contributed by atoms with Gasteiger partial charge in [-0.15, -0.1) is 0 Å². The molecule has 10 heteroatoms.